The number of halogens is 4. The largest absolute Gasteiger partial charge is 0.490 e. The Morgan fingerprint density at radius 3 is 1.47 bits per heavy atom. The minimum absolute atomic E-state index is 0.317. The molecule has 88 valence electrons. The average Bonchev–Trinajstić information content (AvgIpc) is 2.01. The van der Waals surface area contributed by atoms with Gasteiger partial charge < -0.3 is 10.8 Å². The van der Waals surface area contributed by atoms with Crippen molar-refractivity contribution in [1.82, 2.24) is 0 Å². The van der Waals surface area contributed by atoms with Crippen molar-refractivity contribution in [2.24, 2.45) is 5.73 Å². The number of aliphatic carboxylic acids is 1. The number of alkyl halides is 3. The lowest BCUT2D eigenvalue weighted by Crippen LogP contribution is -2.21. The summed E-state index contributed by atoms with van der Waals surface area (Å²) in [5.74, 6) is -4.59. The summed E-state index contributed by atoms with van der Waals surface area (Å²) < 4.78 is 43.8. The first-order valence-corrected chi connectivity index (χ1v) is 3.43. The van der Waals surface area contributed by atoms with E-state index in [-0.39, 0.29) is 0 Å². The number of primary amides is 1. The van der Waals surface area contributed by atoms with E-state index in [4.69, 9.17) is 9.90 Å². The summed E-state index contributed by atoms with van der Waals surface area (Å²) in [6.45, 7) is 2.97. The first kappa shape index (κ1) is 15.9. The SMILES string of the molecule is CC(C)=C(F)C(N)=O.O=C(O)C(F)(F)F. The van der Waals surface area contributed by atoms with Crippen molar-refractivity contribution in [2.75, 3.05) is 0 Å². The van der Waals surface area contributed by atoms with Crippen LogP contribution in [0.4, 0.5) is 17.6 Å². The number of allylic oxidation sites excluding steroid dienone is 1. The molecule has 0 atom stereocenters. The zero-order valence-electron chi connectivity index (χ0n) is 7.85. The van der Waals surface area contributed by atoms with E-state index >= 15 is 0 Å². The fourth-order valence-corrected chi connectivity index (χ4v) is 0.246. The summed E-state index contributed by atoms with van der Waals surface area (Å²) >= 11 is 0. The van der Waals surface area contributed by atoms with Crippen LogP contribution in [0.2, 0.25) is 0 Å². The van der Waals surface area contributed by atoms with E-state index in [1.54, 1.807) is 0 Å². The molecule has 0 aromatic carbocycles. The molecule has 0 aliphatic rings. The fraction of sp³-hybridized carbons (Fsp3) is 0.429. The molecule has 0 aliphatic heterocycles. The molecule has 1 amide bonds. The zero-order valence-corrected chi connectivity index (χ0v) is 7.85. The van der Waals surface area contributed by atoms with Crippen LogP contribution in [-0.2, 0) is 9.59 Å². The molecule has 0 aromatic rings. The highest BCUT2D eigenvalue weighted by Gasteiger charge is 2.38. The Labute approximate surface area is 82.4 Å². The van der Waals surface area contributed by atoms with E-state index in [9.17, 15) is 22.4 Å². The molecule has 15 heavy (non-hydrogen) atoms. The van der Waals surface area contributed by atoms with E-state index in [2.05, 4.69) is 5.73 Å². The van der Waals surface area contributed by atoms with Crippen LogP contribution in [0.15, 0.2) is 11.4 Å². The van der Waals surface area contributed by atoms with Crippen LogP contribution in [0, 0.1) is 0 Å². The van der Waals surface area contributed by atoms with Crippen molar-refractivity contribution in [3.63, 3.8) is 0 Å². The van der Waals surface area contributed by atoms with Crippen LogP contribution < -0.4 is 5.73 Å². The minimum atomic E-state index is -5.08. The summed E-state index contributed by atoms with van der Waals surface area (Å²) in [5, 5.41) is 7.12. The number of rotatable bonds is 1. The Bertz CT molecular complexity index is 278. The second kappa shape index (κ2) is 5.99. The molecule has 8 heteroatoms. The van der Waals surface area contributed by atoms with Gasteiger partial charge in [-0.25, -0.2) is 9.18 Å². The molecule has 0 aromatic heterocycles. The predicted molar refractivity (Wildman–Crippen MR) is 42.4 cm³/mol. The summed E-state index contributed by atoms with van der Waals surface area (Å²) in [6.07, 6.45) is -5.08. The van der Waals surface area contributed by atoms with Gasteiger partial charge in [-0.3, -0.25) is 4.79 Å². The summed E-state index contributed by atoms with van der Waals surface area (Å²) in [7, 11) is 0. The van der Waals surface area contributed by atoms with Gasteiger partial charge in [0.2, 0.25) is 0 Å². The lowest BCUT2D eigenvalue weighted by Gasteiger charge is -1.93. The Kier molecular flexibility index (Phi) is 6.33. The number of amides is 1. The predicted octanol–water partition coefficient (Wildman–Crippen LogP) is 1.37. The summed E-state index contributed by atoms with van der Waals surface area (Å²) in [4.78, 5) is 18.8. The molecule has 0 rings (SSSR count). The molecule has 0 radical (unpaired) electrons. The first-order valence-electron chi connectivity index (χ1n) is 3.43. The van der Waals surface area contributed by atoms with Gasteiger partial charge in [-0.15, -0.1) is 0 Å². The van der Waals surface area contributed by atoms with E-state index in [1.165, 1.54) is 13.8 Å². The van der Waals surface area contributed by atoms with Gasteiger partial charge in [0.05, 0.1) is 0 Å². The Morgan fingerprint density at radius 2 is 1.47 bits per heavy atom. The van der Waals surface area contributed by atoms with Crippen molar-refractivity contribution in [3.05, 3.63) is 11.4 Å². The molecule has 0 heterocycles. The van der Waals surface area contributed by atoms with E-state index in [0.29, 0.717) is 5.57 Å². The molecular formula is C7H9F4NO3. The molecule has 0 bridgehead atoms. The highest BCUT2D eigenvalue weighted by molar-refractivity contribution is 5.90. The number of hydrogen-bond acceptors (Lipinski definition) is 2. The van der Waals surface area contributed by atoms with Crippen molar-refractivity contribution >= 4 is 11.9 Å². The van der Waals surface area contributed by atoms with Gasteiger partial charge in [-0.2, -0.15) is 13.2 Å². The molecule has 0 aliphatic carbocycles. The molecule has 3 N–H and O–H groups in total. The van der Waals surface area contributed by atoms with Crippen molar-refractivity contribution in [3.8, 4) is 0 Å². The van der Waals surface area contributed by atoms with E-state index in [1.807, 2.05) is 0 Å². The Hall–Kier alpha value is -1.60. The normalized spacial score (nSPS) is 9.73. The number of carbonyl (C=O) groups is 2. The molecule has 0 unspecified atom stereocenters. The average molecular weight is 231 g/mol. The van der Waals surface area contributed by atoms with Gasteiger partial charge in [0, 0.05) is 0 Å². The maximum absolute atomic E-state index is 12.1. The topological polar surface area (TPSA) is 80.4 Å². The zero-order chi connectivity index (χ0) is 12.8. The lowest BCUT2D eigenvalue weighted by molar-refractivity contribution is -0.192. The third-order valence-electron chi connectivity index (χ3n) is 0.898. The molecule has 0 saturated carbocycles. The summed E-state index contributed by atoms with van der Waals surface area (Å²) in [6, 6.07) is 0. The standard InChI is InChI=1S/C5H8FNO.C2HF3O2/c1-3(2)4(6)5(7)8;3-2(4,5)1(6)7/h1-2H3,(H2,7,8);(H,6,7). The molecule has 0 spiro atoms. The van der Waals surface area contributed by atoms with Crippen LogP contribution in [0.1, 0.15) is 13.8 Å². The first-order chi connectivity index (χ1) is 6.50. The number of carboxylic acid groups (broad SMARTS) is 1. The quantitative estimate of drug-likeness (QED) is 0.528. The van der Waals surface area contributed by atoms with Crippen LogP contribution >= 0.6 is 0 Å². The molecule has 4 nitrogen and oxygen atoms in total. The highest BCUT2D eigenvalue weighted by atomic mass is 19.4. The van der Waals surface area contributed by atoms with Crippen molar-refractivity contribution < 1.29 is 32.3 Å². The van der Waals surface area contributed by atoms with Gasteiger partial charge in [-0.1, -0.05) is 0 Å². The molecule has 0 fully saturated rings. The van der Waals surface area contributed by atoms with Crippen molar-refractivity contribution in [1.29, 1.82) is 0 Å². The second-order valence-electron chi connectivity index (χ2n) is 2.48. The smallest absolute Gasteiger partial charge is 0.475 e. The van der Waals surface area contributed by atoms with Crippen LogP contribution in [0.25, 0.3) is 0 Å². The van der Waals surface area contributed by atoms with Crippen LogP contribution in [0.5, 0.6) is 0 Å². The minimum Gasteiger partial charge on any atom is -0.475 e. The van der Waals surface area contributed by atoms with Gasteiger partial charge in [0.15, 0.2) is 5.83 Å². The van der Waals surface area contributed by atoms with Gasteiger partial charge in [0.25, 0.3) is 5.91 Å². The van der Waals surface area contributed by atoms with E-state index in [0.717, 1.165) is 0 Å². The maximum atomic E-state index is 12.1. The third-order valence-corrected chi connectivity index (χ3v) is 0.898. The molecular weight excluding hydrogens is 222 g/mol. The third kappa shape index (κ3) is 8.72. The van der Waals surface area contributed by atoms with Gasteiger partial charge in [0.1, 0.15) is 0 Å². The summed E-state index contributed by atoms with van der Waals surface area (Å²) in [5.41, 5.74) is 4.88. The Balaban J connectivity index is 0. The van der Waals surface area contributed by atoms with Crippen LogP contribution in [0.3, 0.4) is 0 Å². The lowest BCUT2D eigenvalue weighted by atomic mass is 10.3. The molecule has 0 saturated heterocycles. The fourth-order valence-electron chi connectivity index (χ4n) is 0.246. The number of nitrogens with two attached hydrogens (primary N) is 1. The number of carboxylic acids is 1. The number of carbonyl (C=O) groups excluding carboxylic acids is 1. The number of hydrogen-bond donors (Lipinski definition) is 2. The highest BCUT2D eigenvalue weighted by Crippen LogP contribution is 2.13. The van der Waals surface area contributed by atoms with Crippen molar-refractivity contribution in [2.45, 2.75) is 20.0 Å². The van der Waals surface area contributed by atoms with E-state index < -0.39 is 23.9 Å². The van der Waals surface area contributed by atoms with Gasteiger partial charge in [-0.05, 0) is 19.4 Å². The maximum Gasteiger partial charge on any atom is 0.490 e. The monoisotopic (exact) mass is 231 g/mol. The Morgan fingerprint density at radius 1 is 1.20 bits per heavy atom. The second-order valence-corrected chi connectivity index (χ2v) is 2.48. The van der Waals surface area contributed by atoms with Gasteiger partial charge >= 0.3 is 12.1 Å². The van der Waals surface area contributed by atoms with Crippen LogP contribution in [-0.4, -0.2) is 23.2 Å².